The number of aryl methyl sites for hydroxylation is 1. The van der Waals surface area contributed by atoms with Crippen LogP contribution in [-0.4, -0.2) is 23.0 Å². The molecule has 0 bridgehead atoms. The van der Waals surface area contributed by atoms with Gasteiger partial charge in [-0.15, -0.1) is 0 Å². The summed E-state index contributed by atoms with van der Waals surface area (Å²) in [5.74, 6) is 0.710. The van der Waals surface area contributed by atoms with Crippen LogP contribution < -0.4 is 4.72 Å². The molecule has 1 aromatic carbocycles. The molecule has 7 heteroatoms. The molecule has 0 amide bonds. The molecule has 4 rings (SSSR count). The van der Waals surface area contributed by atoms with E-state index in [1.807, 2.05) is 19.1 Å². The molecule has 0 saturated heterocycles. The molecule has 3 aromatic rings. The number of sulfonamides is 1. The summed E-state index contributed by atoms with van der Waals surface area (Å²) in [6.45, 7) is 2.08. The first-order chi connectivity index (χ1) is 11.5. The molecule has 1 fully saturated rings. The molecule has 0 unspecified atom stereocenters. The van der Waals surface area contributed by atoms with Crippen LogP contribution in [0.4, 0.5) is 0 Å². The fraction of sp³-hybridized carbons (Fsp3) is 0.294. The normalized spacial score (nSPS) is 15.0. The third kappa shape index (κ3) is 2.81. The highest BCUT2D eigenvalue weighted by atomic mass is 32.2. The third-order valence-corrected chi connectivity index (χ3v) is 5.60. The first kappa shape index (κ1) is 15.3. The lowest BCUT2D eigenvalue weighted by molar-refractivity contribution is 0.575. The average Bonchev–Trinajstić information content (AvgIpc) is 3.34. The van der Waals surface area contributed by atoms with E-state index >= 15 is 0 Å². The number of rotatable bonds is 5. The van der Waals surface area contributed by atoms with Crippen LogP contribution in [-0.2, 0) is 16.6 Å². The van der Waals surface area contributed by atoms with Crippen molar-refractivity contribution >= 4 is 21.2 Å². The molecule has 2 heterocycles. The molecule has 0 aliphatic heterocycles. The Balaban J connectivity index is 1.63. The van der Waals surface area contributed by atoms with Crippen LogP contribution in [0.2, 0.25) is 0 Å². The van der Waals surface area contributed by atoms with Gasteiger partial charge in [0.2, 0.25) is 10.0 Å². The van der Waals surface area contributed by atoms with E-state index in [1.165, 1.54) is 0 Å². The van der Waals surface area contributed by atoms with Gasteiger partial charge in [-0.3, -0.25) is 0 Å². The van der Waals surface area contributed by atoms with Crippen molar-refractivity contribution in [3.8, 4) is 0 Å². The molecular weight excluding hydrogens is 324 g/mol. The summed E-state index contributed by atoms with van der Waals surface area (Å²) >= 11 is 0. The number of benzene rings is 1. The molecule has 0 spiro atoms. The van der Waals surface area contributed by atoms with Gasteiger partial charge >= 0.3 is 0 Å². The van der Waals surface area contributed by atoms with Crippen LogP contribution >= 0.6 is 0 Å². The Morgan fingerprint density at radius 3 is 2.67 bits per heavy atom. The van der Waals surface area contributed by atoms with E-state index in [9.17, 15) is 8.42 Å². The van der Waals surface area contributed by atoms with Crippen LogP contribution in [0.25, 0.3) is 11.2 Å². The maximum absolute atomic E-state index is 12.5. The summed E-state index contributed by atoms with van der Waals surface area (Å²) in [6.07, 6.45) is 3.91. The topological polar surface area (TPSA) is 76.9 Å². The fourth-order valence-corrected chi connectivity index (χ4v) is 3.76. The second kappa shape index (κ2) is 5.68. The van der Waals surface area contributed by atoms with Crippen molar-refractivity contribution in [1.29, 1.82) is 0 Å². The predicted molar refractivity (Wildman–Crippen MR) is 91.0 cm³/mol. The van der Waals surface area contributed by atoms with Crippen molar-refractivity contribution in [3.63, 3.8) is 0 Å². The molecule has 1 aliphatic rings. The van der Waals surface area contributed by atoms with Crippen molar-refractivity contribution in [2.75, 3.05) is 0 Å². The maximum Gasteiger partial charge on any atom is 0.240 e. The molecule has 1 N–H and O–H groups in total. The Bertz CT molecular complexity index is 989. The van der Waals surface area contributed by atoms with Gasteiger partial charge in [0.15, 0.2) is 5.65 Å². The Hall–Kier alpha value is -2.25. The van der Waals surface area contributed by atoms with Crippen LogP contribution in [0.1, 0.15) is 30.3 Å². The van der Waals surface area contributed by atoms with E-state index in [0.717, 1.165) is 29.6 Å². The standard InChI is InChI=1S/C17H18N4O2S/c1-12-4-8-14(9-5-12)24(22,23)19-11-16-20-15-3-2-10-18-17(15)21(16)13-6-7-13/h2-5,8-10,13,19H,6-7,11H2,1H3. The van der Waals surface area contributed by atoms with E-state index in [0.29, 0.717) is 11.9 Å². The van der Waals surface area contributed by atoms with E-state index in [1.54, 1.807) is 30.5 Å². The minimum atomic E-state index is -3.56. The van der Waals surface area contributed by atoms with Crippen molar-refractivity contribution < 1.29 is 8.42 Å². The molecule has 0 atom stereocenters. The average molecular weight is 342 g/mol. The minimum Gasteiger partial charge on any atom is -0.308 e. The number of hydrogen-bond donors (Lipinski definition) is 1. The highest BCUT2D eigenvalue weighted by Crippen LogP contribution is 2.38. The van der Waals surface area contributed by atoms with Gasteiger partial charge in [-0.1, -0.05) is 17.7 Å². The Morgan fingerprint density at radius 1 is 1.21 bits per heavy atom. The van der Waals surface area contributed by atoms with Gasteiger partial charge in [0.1, 0.15) is 11.3 Å². The van der Waals surface area contributed by atoms with Crippen molar-refractivity contribution in [2.24, 2.45) is 0 Å². The quantitative estimate of drug-likeness (QED) is 0.773. The third-order valence-electron chi connectivity index (χ3n) is 4.19. The Morgan fingerprint density at radius 2 is 1.96 bits per heavy atom. The van der Waals surface area contributed by atoms with Gasteiger partial charge in [-0.05, 0) is 44.0 Å². The number of nitrogens with one attached hydrogen (secondary N) is 1. The van der Waals surface area contributed by atoms with Gasteiger partial charge in [-0.25, -0.2) is 23.1 Å². The molecule has 24 heavy (non-hydrogen) atoms. The maximum atomic E-state index is 12.5. The SMILES string of the molecule is Cc1ccc(S(=O)(=O)NCc2nc3cccnc3n2C2CC2)cc1. The number of fused-ring (bicyclic) bond motifs is 1. The van der Waals surface area contributed by atoms with E-state index in [2.05, 4.69) is 19.3 Å². The number of nitrogens with zero attached hydrogens (tertiary/aromatic N) is 3. The molecule has 1 saturated carbocycles. The molecule has 6 nitrogen and oxygen atoms in total. The zero-order valence-electron chi connectivity index (χ0n) is 13.3. The van der Waals surface area contributed by atoms with Crippen molar-refractivity contribution in [3.05, 3.63) is 54.0 Å². The molecule has 124 valence electrons. The van der Waals surface area contributed by atoms with E-state index < -0.39 is 10.0 Å². The molecule has 1 aliphatic carbocycles. The number of imidazole rings is 1. The Labute approximate surface area is 140 Å². The molecule has 0 radical (unpaired) electrons. The highest BCUT2D eigenvalue weighted by molar-refractivity contribution is 7.89. The zero-order valence-corrected chi connectivity index (χ0v) is 14.1. The minimum absolute atomic E-state index is 0.156. The summed E-state index contributed by atoms with van der Waals surface area (Å²) in [4.78, 5) is 9.22. The molecular formula is C17H18N4O2S. The Kier molecular flexibility index (Phi) is 3.62. The lowest BCUT2D eigenvalue weighted by Gasteiger charge is -2.09. The predicted octanol–water partition coefficient (Wildman–Crippen LogP) is 2.55. The second-order valence-electron chi connectivity index (χ2n) is 6.11. The van der Waals surface area contributed by atoms with E-state index in [-0.39, 0.29) is 11.4 Å². The van der Waals surface area contributed by atoms with Gasteiger partial charge in [0.25, 0.3) is 0 Å². The van der Waals surface area contributed by atoms with Crippen LogP contribution in [0.15, 0.2) is 47.5 Å². The van der Waals surface area contributed by atoms with Gasteiger partial charge in [0.05, 0.1) is 11.4 Å². The summed E-state index contributed by atoms with van der Waals surface area (Å²) in [7, 11) is -3.56. The van der Waals surface area contributed by atoms with Crippen molar-refractivity contribution in [1.82, 2.24) is 19.3 Å². The van der Waals surface area contributed by atoms with Crippen LogP contribution in [0.3, 0.4) is 0 Å². The summed E-state index contributed by atoms with van der Waals surface area (Å²) in [6, 6.07) is 10.9. The number of hydrogen-bond acceptors (Lipinski definition) is 4. The monoisotopic (exact) mass is 342 g/mol. The lowest BCUT2D eigenvalue weighted by atomic mass is 10.2. The number of aromatic nitrogens is 3. The van der Waals surface area contributed by atoms with Crippen LogP contribution in [0, 0.1) is 6.92 Å². The largest absolute Gasteiger partial charge is 0.308 e. The van der Waals surface area contributed by atoms with Crippen LogP contribution in [0.5, 0.6) is 0 Å². The first-order valence-electron chi connectivity index (χ1n) is 7.93. The first-order valence-corrected chi connectivity index (χ1v) is 9.41. The summed E-state index contributed by atoms with van der Waals surface area (Å²) in [5.41, 5.74) is 2.65. The van der Waals surface area contributed by atoms with Gasteiger partial charge in [0, 0.05) is 12.2 Å². The summed E-state index contributed by atoms with van der Waals surface area (Å²) < 4.78 is 29.6. The lowest BCUT2D eigenvalue weighted by Crippen LogP contribution is -2.25. The number of pyridine rings is 1. The highest BCUT2D eigenvalue weighted by Gasteiger charge is 2.29. The second-order valence-corrected chi connectivity index (χ2v) is 7.88. The van der Waals surface area contributed by atoms with Crippen molar-refractivity contribution in [2.45, 2.75) is 37.2 Å². The molecule has 2 aromatic heterocycles. The zero-order chi connectivity index (χ0) is 16.7. The fourth-order valence-electron chi connectivity index (χ4n) is 2.78. The summed E-state index contributed by atoms with van der Waals surface area (Å²) in [5, 5.41) is 0. The van der Waals surface area contributed by atoms with Gasteiger partial charge < -0.3 is 4.57 Å². The van der Waals surface area contributed by atoms with E-state index in [4.69, 9.17) is 0 Å². The smallest absolute Gasteiger partial charge is 0.240 e. The van der Waals surface area contributed by atoms with Gasteiger partial charge in [-0.2, -0.15) is 0 Å².